The van der Waals surface area contributed by atoms with Crippen molar-refractivity contribution in [2.45, 2.75) is 38.8 Å². The van der Waals surface area contributed by atoms with Crippen molar-refractivity contribution in [2.75, 3.05) is 21.5 Å². The first-order valence-corrected chi connectivity index (χ1v) is 13.9. The summed E-state index contributed by atoms with van der Waals surface area (Å²) in [6.07, 6.45) is 1.17. The minimum atomic E-state index is -3.36. The number of nitrogens with zero attached hydrogens (tertiary/aromatic N) is 3. The van der Waals surface area contributed by atoms with E-state index in [1.807, 2.05) is 13.8 Å². The van der Waals surface area contributed by atoms with Gasteiger partial charge in [-0.1, -0.05) is 36.9 Å². The molecule has 0 spiro atoms. The van der Waals surface area contributed by atoms with E-state index in [-0.39, 0.29) is 39.7 Å². The molecule has 1 aliphatic carbocycles. The van der Waals surface area contributed by atoms with E-state index < -0.39 is 10.0 Å². The summed E-state index contributed by atoms with van der Waals surface area (Å²) in [4.78, 5) is 29.7. The Morgan fingerprint density at radius 2 is 1.94 bits per heavy atom. The summed E-state index contributed by atoms with van der Waals surface area (Å²) in [6.45, 7) is 5.62. The number of hydrogen-bond acceptors (Lipinski definition) is 10. The molecule has 4 rings (SSSR count). The molecule has 34 heavy (non-hydrogen) atoms. The summed E-state index contributed by atoms with van der Waals surface area (Å²) in [6, 6.07) is 6.53. The molecule has 180 valence electrons. The van der Waals surface area contributed by atoms with Crippen LogP contribution in [0, 0.1) is 5.41 Å². The van der Waals surface area contributed by atoms with Gasteiger partial charge in [-0.05, 0) is 43.0 Å². The fraction of sp³-hybridized carbons (Fsp3) is 0.381. The molecular formula is C21H23N5O5S3. The molecule has 0 atom stereocenters. The zero-order valence-electron chi connectivity index (χ0n) is 18.7. The van der Waals surface area contributed by atoms with Crippen LogP contribution in [0.25, 0.3) is 11.5 Å². The Kier molecular flexibility index (Phi) is 6.78. The highest BCUT2D eigenvalue weighted by molar-refractivity contribution is 7.99. The Morgan fingerprint density at radius 3 is 2.65 bits per heavy atom. The Bertz CT molecular complexity index is 1330. The van der Waals surface area contributed by atoms with Crippen molar-refractivity contribution in [3.05, 3.63) is 34.8 Å². The first-order valence-electron chi connectivity index (χ1n) is 10.4. The van der Waals surface area contributed by atoms with Crippen LogP contribution in [0.4, 0.5) is 10.8 Å². The van der Waals surface area contributed by atoms with E-state index in [9.17, 15) is 18.0 Å². The predicted molar refractivity (Wildman–Crippen MR) is 131 cm³/mol. The van der Waals surface area contributed by atoms with Gasteiger partial charge in [0.05, 0.1) is 22.1 Å². The van der Waals surface area contributed by atoms with Gasteiger partial charge in [-0.15, -0.1) is 10.2 Å². The average molecular weight is 522 g/mol. The summed E-state index contributed by atoms with van der Waals surface area (Å²) in [7, 11) is -3.36. The van der Waals surface area contributed by atoms with Crippen LogP contribution < -0.4 is 10.0 Å². The third-order valence-corrected chi connectivity index (χ3v) is 8.18. The molecule has 2 N–H and O–H groups in total. The van der Waals surface area contributed by atoms with Crippen LogP contribution in [0.2, 0.25) is 0 Å². The Hall–Kier alpha value is -2.77. The standard InChI is InChI=1S/C21H23N5O5S3/c1-4-34(29,30)26-13-7-5-12(6-8-13)18-24-25-20(31-18)32-11-16(28)23-19-22-14-9-21(2,3)10-15(27)17(14)33-19/h5-8,26H,4,9-11H2,1-3H3,(H,22,23,28). The number of fused-ring (bicyclic) bond motifs is 1. The van der Waals surface area contributed by atoms with Gasteiger partial charge in [0.2, 0.25) is 21.8 Å². The van der Waals surface area contributed by atoms with Crippen molar-refractivity contribution in [3.63, 3.8) is 0 Å². The van der Waals surface area contributed by atoms with Crippen molar-refractivity contribution in [1.29, 1.82) is 0 Å². The van der Waals surface area contributed by atoms with E-state index in [0.717, 1.165) is 17.5 Å². The number of thioether (sulfide) groups is 1. The van der Waals surface area contributed by atoms with Crippen LogP contribution in [0.1, 0.15) is 42.6 Å². The van der Waals surface area contributed by atoms with Gasteiger partial charge in [0.25, 0.3) is 5.22 Å². The molecule has 2 aromatic heterocycles. The van der Waals surface area contributed by atoms with Crippen molar-refractivity contribution in [2.24, 2.45) is 5.41 Å². The molecule has 13 heteroatoms. The van der Waals surface area contributed by atoms with E-state index in [1.165, 1.54) is 11.3 Å². The highest BCUT2D eigenvalue weighted by Gasteiger charge is 2.34. The van der Waals surface area contributed by atoms with Crippen molar-refractivity contribution >= 4 is 55.6 Å². The molecule has 1 aromatic carbocycles. The number of hydrogen-bond donors (Lipinski definition) is 2. The number of aromatic nitrogens is 3. The van der Waals surface area contributed by atoms with E-state index in [4.69, 9.17) is 4.42 Å². The number of nitrogens with one attached hydrogen (secondary N) is 2. The zero-order valence-corrected chi connectivity index (χ0v) is 21.2. The number of ketones is 1. The normalized spacial score (nSPS) is 15.1. The lowest BCUT2D eigenvalue weighted by Crippen LogP contribution is -2.26. The predicted octanol–water partition coefficient (Wildman–Crippen LogP) is 3.84. The van der Waals surface area contributed by atoms with Gasteiger partial charge >= 0.3 is 0 Å². The zero-order chi connectivity index (χ0) is 24.5. The number of sulfonamides is 1. The highest BCUT2D eigenvalue weighted by Crippen LogP contribution is 2.38. The molecule has 0 saturated heterocycles. The number of carbonyl (C=O) groups is 2. The largest absolute Gasteiger partial charge is 0.411 e. The maximum atomic E-state index is 12.4. The van der Waals surface area contributed by atoms with Crippen LogP contribution in [0.5, 0.6) is 0 Å². The molecule has 1 aliphatic rings. The number of amides is 1. The molecule has 0 unspecified atom stereocenters. The van der Waals surface area contributed by atoms with Crippen molar-refractivity contribution < 1.29 is 22.4 Å². The Labute approximate surface area is 205 Å². The first kappa shape index (κ1) is 24.4. The van der Waals surface area contributed by atoms with E-state index in [2.05, 4.69) is 25.2 Å². The molecule has 1 amide bonds. The average Bonchev–Trinajstić information content (AvgIpc) is 3.39. The number of rotatable bonds is 8. The van der Waals surface area contributed by atoms with Crippen LogP contribution in [0.3, 0.4) is 0 Å². The second kappa shape index (κ2) is 9.47. The molecule has 0 saturated carbocycles. The molecule has 0 fully saturated rings. The fourth-order valence-corrected chi connectivity index (χ4v) is 5.51. The first-order chi connectivity index (χ1) is 16.0. The minimum Gasteiger partial charge on any atom is -0.411 e. The van der Waals surface area contributed by atoms with Gasteiger partial charge in [-0.25, -0.2) is 13.4 Å². The molecule has 3 aromatic rings. The molecule has 2 heterocycles. The Morgan fingerprint density at radius 1 is 1.21 bits per heavy atom. The minimum absolute atomic E-state index is 0.0201. The maximum Gasteiger partial charge on any atom is 0.277 e. The number of anilines is 2. The van der Waals surface area contributed by atoms with Gasteiger partial charge in [0, 0.05) is 17.7 Å². The SMILES string of the molecule is CCS(=O)(=O)Nc1ccc(-c2nnc(SCC(=O)Nc3nc4c(s3)C(=O)CC(C)(C)C4)o2)cc1. The van der Waals surface area contributed by atoms with Gasteiger partial charge < -0.3 is 9.73 Å². The summed E-state index contributed by atoms with van der Waals surface area (Å²) in [5.74, 6) is 0.0287. The summed E-state index contributed by atoms with van der Waals surface area (Å²) in [5.41, 5.74) is 1.66. The van der Waals surface area contributed by atoms with Crippen LogP contribution in [-0.4, -0.2) is 46.8 Å². The summed E-state index contributed by atoms with van der Waals surface area (Å²) >= 11 is 2.28. The number of thiazole rings is 1. The van der Waals surface area contributed by atoms with E-state index in [1.54, 1.807) is 31.2 Å². The molecule has 0 aliphatic heterocycles. The number of Topliss-reactive ketones (excluding diaryl/α,β-unsaturated/α-hetero) is 1. The number of carbonyl (C=O) groups excluding carboxylic acids is 2. The van der Waals surface area contributed by atoms with Crippen LogP contribution in [-0.2, 0) is 21.2 Å². The number of benzene rings is 1. The monoisotopic (exact) mass is 521 g/mol. The second-order valence-corrected chi connectivity index (χ2v) is 12.5. The topological polar surface area (TPSA) is 144 Å². The summed E-state index contributed by atoms with van der Waals surface area (Å²) < 4.78 is 31.4. The van der Waals surface area contributed by atoms with Gasteiger partial charge in [-0.3, -0.25) is 14.3 Å². The van der Waals surface area contributed by atoms with Gasteiger partial charge in [-0.2, -0.15) is 0 Å². The van der Waals surface area contributed by atoms with Gasteiger partial charge in [0.15, 0.2) is 10.9 Å². The quantitative estimate of drug-likeness (QED) is 0.422. The lowest BCUT2D eigenvalue weighted by atomic mass is 9.78. The van der Waals surface area contributed by atoms with Crippen LogP contribution in [0.15, 0.2) is 33.9 Å². The highest BCUT2D eigenvalue weighted by atomic mass is 32.2. The van der Waals surface area contributed by atoms with E-state index >= 15 is 0 Å². The van der Waals surface area contributed by atoms with E-state index in [0.29, 0.717) is 34.1 Å². The van der Waals surface area contributed by atoms with Crippen LogP contribution >= 0.6 is 23.1 Å². The Balaban J connectivity index is 1.33. The van der Waals surface area contributed by atoms with Crippen molar-refractivity contribution in [1.82, 2.24) is 15.2 Å². The third-order valence-electron chi connectivity index (χ3n) is 5.00. The van der Waals surface area contributed by atoms with Gasteiger partial charge in [0.1, 0.15) is 0 Å². The fourth-order valence-electron chi connectivity index (χ4n) is 3.37. The smallest absolute Gasteiger partial charge is 0.277 e. The molecule has 0 bridgehead atoms. The molecular weight excluding hydrogens is 498 g/mol. The lowest BCUT2D eigenvalue weighted by molar-refractivity contribution is -0.113. The second-order valence-electron chi connectivity index (χ2n) is 8.53. The summed E-state index contributed by atoms with van der Waals surface area (Å²) in [5, 5.41) is 11.3. The van der Waals surface area contributed by atoms with Crippen molar-refractivity contribution in [3.8, 4) is 11.5 Å². The maximum absolute atomic E-state index is 12.4. The molecule has 10 nitrogen and oxygen atoms in total. The third kappa shape index (κ3) is 5.83. The molecule has 0 radical (unpaired) electrons. The lowest BCUT2D eigenvalue weighted by Gasteiger charge is -2.26.